The van der Waals surface area contributed by atoms with Crippen molar-refractivity contribution in [2.24, 2.45) is 0 Å². The first kappa shape index (κ1) is 12.5. The van der Waals surface area contributed by atoms with Crippen LogP contribution >= 0.6 is 0 Å². The summed E-state index contributed by atoms with van der Waals surface area (Å²) in [5, 5.41) is 0. The average Bonchev–Trinajstić information content (AvgIpc) is 2.00. The third-order valence-corrected chi connectivity index (χ3v) is 2.52. The van der Waals surface area contributed by atoms with E-state index in [-0.39, 0.29) is 18.6 Å². The number of benzene rings is 1. The Hall–Kier alpha value is -0.456. The summed E-state index contributed by atoms with van der Waals surface area (Å²) in [6.07, 6.45) is 0. The molecular weight excluding hydrogens is 195 g/mol. The molecule has 69 valence electrons. The first-order valence-electron chi connectivity index (χ1n) is 4.26. The van der Waals surface area contributed by atoms with Crippen molar-refractivity contribution in [1.82, 2.24) is 0 Å². The van der Waals surface area contributed by atoms with Crippen molar-refractivity contribution in [2.75, 3.05) is 0 Å². The topological polar surface area (TPSA) is 0 Å². The molecule has 1 heteroatoms. The van der Waals surface area contributed by atoms with Crippen LogP contribution in [0.2, 0.25) is 0 Å². The molecule has 1 aromatic carbocycles. The molecule has 0 aliphatic rings. The Morgan fingerprint density at radius 3 is 2.08 bits per heavy atom. The predicted molar refractivity (Wildman–Crippen MR) is 55.4 cm³/mol. The molecule has 1 aromatic rings. The first-order valence-corrected chi connectivity index (χ1v) is 4.26. The zero-order valence-electron chi connectivity index (χ0n) is 8.81. The van der Waals surface area contributed by atoms with Crippen molar-refractivity contribution >= 4 is 5.57 Å². The van der Waals surface area contributed by atoms with Crippen LogP contribution in [-0.2, 0) is 18.6 Å². The molecular formula is C12H16V. The summed E-state index contributed by atoms with van der Waals surface area (Å²) < 4.78 is 0. The minimum Gasteiger partial charge on any atom is -0.0955 e. The molecule has 0 aliphatic heterocycles. The quantitative estimate of drug-likeness (QED) is 0.665. The maximum atomic E-state index is 3.96. The largest absolute Gasteiger partial charge is 0.0955 e. The van der Waals surface area contributed by atoms with E-state index in [0.29, 0.717) is 0 Å². The van der Waals surface area contributed by atoms with Crippen LogP contribution in [-0.4, -0.2) is 0 Å². The maximum Gasteiger partial charge on any atom is 0 e. The molecule has 0 N–H and O–H groups in total. The Labute approximate surface area is 92.9 Å². The maximum absolute atomic E-state index is 3.96. The SMILES string of the molecule is C=C(C)c1ccc(C)c(C)c1C.[V]. The molecule has 0 amide bonds. The molecule has 1 radical (unpaired) electrons. The van der Waals surface area contributed by atoms with E-state index < -0.39 is 0 Å². The van der Waals surface area contributed by atoms with Crippen LogP contribution < -0.4 is 0 Å². The Morgan fingerprint density at radius 2 is 1.62 bits per heavy atom. The van der Waals surface area contributed by atoms with Crippen LogP contribution in [0.1, 0.15) is 29.2 Å². The van der Waals surface area contributed by atoms with Gasteiger partial charge in [0.15, 0.2) is 0 Å². The molecule has 0 spiro atoms. The summed E-state index contributed by atoms with van der Waals surface area (Å²) in [7, 11) is 0. The summed E-state index contributed by atoms with van der Waals surface area (Å²) in [5.41, 5.74) is 6.55. The van der Waals surface area contributed by atoms with Crippen LogP contribution in [0.3, 0.4) is 0 Å². The summed E-state index contributed by atoms with van der Waals surface area (Å²) >= 11 is 0. The number of hydrogen-bond acceptors (Lipinski definition) is 0. The molecule has 0 heterocycles. The van der Waals surface area contributed by atoms with Gasteiger partial charge < -0.3 is 0 Å². The van der Waals surface area contributed by atoms with Crippen LogP contribution in [0.15, 0.2) is 18.7 Å². The predicted octanol–water partition coefficient (Wildman–Crippen LogP) is 3.64. The molecule has 0 atom stereocenters. The fourth-order valence-electron chi connectivity index (χ4n) is 1.42. The molecule has 0 unspecified atom stereocenters. The van der Waals surface area contributed by atoms with E-state index >= 15 is 0 Å². The summed E-state index contributed by atoms with van der Waals surface area (Å²) in [6.45, 7) is 12.5. The zero-order chi connectivity index (χ0) is 9.30. The van der Waals surface area contributed by atoms with Crippen LogP contribution in [0.25, 0.3) is 5.57 Å². The van der Waals surface area contributed by atoms with Gasteiger partial charge in [-0.15, -0.1) is 0 Å². The van der Waals surface area contributed by atoms with Gasteiger partial charge in [-0.1, -0.05) is 24.3 Å². The second-order valence-corrected chi connectivity index (χ2v) is 3.46. The van der Waals surface area contributed by atoms with Gasteiger partial charge in [0.1, 0.15) is 0 Å². The Balaban J connectivity index is 0.00000144. The van der Waals surface area contributed by atoms with Crippen molar-refractivity contribution < 1.29 is 18.6 Å². The van der Waals surface area contributed by atoms with Gasteiger partial charge in [-0.2, -0.15) is 0 Å². The van der Waals surface area contributed by atoms with Crippen molar-refractivity contribution in [3.05, 3.63) is 41.0 Å². The smallest absolute Gasteiger partial charge is 0 e. The fourth-order valence-corrected chi connectivity index (χ4v) is 1.42. The van der Waals surface area contributed by atoms with Gasteiger partial charge in [0.25, 0.3) is 0 Å². The van der Waals surface area contributed by atoms with Gasteiger partial charge in [-0.05, 0) is 49.9 Å². The second kappa shape index (κ2) is 4.69. The number of allylic oxidation sites excluding steroid dienone is 1. The molecule has 0 saturated heterocycles. The van der Waals surface area contributed by atoms with E-state index in [0.717, 1.165) is 5.57 Å². The molecule has 0 aromatic heterocycles. The van der Waals surface area contributed by atoms with Gasteiger partial charge in [0.2, 0.25) is 0 Å². The Kier molecular flexibility index (Phi) is 4.53. The normalized spacial score (nSPS) is 9.23. The third kappa shape index (κ3) is 2.49. The van der Waals surface area contributed by atoms with E-state index in [9.17, 15) is 0 Å². The summed E-state index contributed by atoms with van der Waals surface area (Å²) in [6, 6.07) is 4.31. The monoisotopic (exact) mass is 211 g/mol. The minimum absolute atomic E-state index is 0. The minimum atomic E-state index is 0. The molecule has 0 nitrogen and oxygen atoms in total. The third-order valence-electron chi connectivity index (χ3n) is 2.52. The van der Waals surface area contributed by atoms with Crippen LogP contribution in [0, 0.1) is 20.8 Å². The van der Waals surface area contributed by atoms with Gasteiger partial charge in [-0.25, -0.2) is 0 Å². The molecule has 0 aliphatic carbocycles. The molecule has 0 saturated carbocycles. The number of hydrogen-bond donors (Lipinski definition) is 0. The van der Waals surface area contributed by atoms with E-state index in [1.807, 2.05) is 0 Å². The van der Waals surface area contributed by atoms with Crippen LogP contribution in [0.4, 0.5) is 0 Å². The van der Waals surface area contributed by atoms with Crippen molar-refractivity contribution in [2.45, 2.75) is 27.7 Å². The first-order chi connectivity index (χ1) is 5.54. The van der Waals surface area contributed by atoms with Crippen molar-refractivity contribution in [1.29, 1.82) is 0 Å². The van der Waals surface area contributed by atoms with E-state index in [1.165, 1.54) is 22.3 Å². The Morgan fingerprint density at radius 1 is 1.08 bits per heavy atom. The molecule has 13 heavy (non-hydrogen) atoms. The van der Waals surface area contributed by atoms with E-state index in [2.05, 4.69) is 46.4 Å². The molecule has 0 bridgehead atoms. The van der Waals surface area contributed by atoms with Gasteiger partial charge in [0, 0.05) is 18.6 Å². The van der Waals surface area contributed by atoms with Crippen LogP contribution in [0.5, 0.6) is 0 Å². The average molecular weight is 211 g/mol. The fraction of sp³-hybridized carbons (Fsp3) is 0.333. The van der Waals surface area contributed by atoms with E-state index in [4.69, 9.17) is 0 Å². The summed E-state index contributed by atoms with van der Waals surface area (Å²) in [5.74, 6) is 0. The number of rotatable bonds is 1. The van der Waals surface area contributed by atoms with Gasteiger partial charge in [-0.3, -0.25) is 0 Å². The van der Waals surface area contributed by atoms with Gasteiger partial charge in [0.05, 0.1) is 0 Å². The van der Waals surface area contributed by atoms with E-state index in [1.54, 1.807) is 0 Å². The zero-order valence-corrected chi connectivity index (χ0v) is 10.2. The standard InChI is InChI=1S/C12H16.V/c1-8(2)12-7-6-9(3)10(4)11(12)5;/h6-7H,1H2,2-5H3;. The van der Waals surface area contributed by atoms with Crippen molar-refractivity contribution in [3.8, 4) is 0 Å². The molecule has 1 rings (SSSR count). The molecule has 0 fully saturated rings. The van der Waals surface area contributed by atoms with Gasteiger partial charge >= 0.3 is 0 Å². The summed E-state index contributed by atoms with van der Waals surface area (Å²) in [4.78, 5) is 0. The number of aryl methyl sites for hydroxylation is 1. The van der Waals surface area contributed by atoms with Crippen molar-refractivity contribution in [3.63, 3.8) is 0 Å². The second-order valence-electron chi connectivity index (χ2n) is 3.46. The Bertz CT molecular complexity index is 324.